The van der Waals surface area contributed by atoms with Gasteiger partial charge in [0.15, 0.2) is 0 Å². The molecule has 0 spiro atoms. The highest BCUT2D eigenvalue weighted by molar-refractivity contribution is 5.64. The van der Waals surface area contributed by atoms with Crippen LogP contribution in [0.1, 0.15) is 26.3 Å². The van der Waals surface area contributed by atoms with E-state index in [1.54, 1.807) is 0 Å². The second-order valence-corrected chi connectivity index (χ2v) is 3.75. The Hall–Kier alpha value is -1.50. The lowest BCUT2D eigenvalue weighted by Gasteiger charge is -2.07. The van der Waals surface area contributed by atoms with Crippen molar-refractivity contribution in [1.82, 2.24) is 0 Å². The Morgan fingerprint density at radius 1 is 1.40 bits per heavy atom. The van der Waals surface area contributed by atoms with Crippen molar-refractivity contribution >= 4 is 5.57 Å². The molecule has 1 aromatic rings. The first-order chi connectivity index (χ1) is 7.13. The van der Waals surface area contributed by atoms with E-state index in [1.165, 1.54) is 11.1 Å². The Morgan fingerprint density at radius 2 is 2.13 bits per heavy atom. The zero-order valence-corrected chi connectivity index (χ0v) is 9.71. The second-order valence-electron chi connectivity index (χ2n) is 3.75. The van der Waals surface area contributed by atoms with Crippen LogP contribution in [0.25, 0.3) is 5.57 Å². The molecule has 0 atom stereocenters. The van der Waals surface area contributed by atoms with Crippen LogP contribution in [-0.2, 0) is 0 Å². The predicted molar refractivity (Wildman–Crippen MR) is 66.1 cm³/mol. The Bertz CT molecular complexity index is 375. The largest absolute Gasteiger partial charge is 0.489 e. The Kier molecular flexibility index (Phi) is 4.17. The molecule has 0 N–H and O–H groups in total. The molecule has 0 saturated carbocycles. The lowest BCUT2D eigenvalue weighted by atomic mass is 10.1. The summed E-state index contributed by atoms with van der Waals surface area (Å²) in [6.45, 7) is 10.5. The highest BCUT2D eigenvalue weighted by Gasteiger charge is 1.98. The van der Waals surface area contributed by atoms with Crippen molar-refractivity contribution in [2.24, 2.45) is 0 Å². The maximum atomic E-state index is 5.58. The van der Waals surface area contributed by atoms with Gasteiger partial charge in [-0.3, -0.25) is 0 Å². The fourth-order valence-corrected chi connectivity index (χ4v) is 1.20. The summed E-state index contributed by atoms with van der Waals surface area (Å²) in [6.07, 6.45) is 2.10. The summed E-state index contributed by atoms with van der Waals surface area (Å²) in [4.78, 5) is 0. The summed E-state index contributed by atoms with van der Waals surface area (Å²) in [5.41, 5.74) is 3.50. The van der Waals surface area contributed by atoms with Gasteiger partial charge in [0.1, 0.15) is 12.4 Å². The van der Waals surface area contributed by atoms with Gasteiger partial charge in [-0.05, 0) is 49.6 Å². The van der Waals surface area contributed by atoms with Crippen molar-refractivity contribution in [1.29, 1.82) is 0 Å². The van der Waals surface area contributed by atoms with E-state index in [4.69, 9.17) is 4.74 Å². The summed E-state index contributed by atoms with van der Waals surface area (Å²) < 4.78 is 5.58. The molecule has 1 rings (SSSR count). The minimum atomic E-state index is 0.582. The lowest BCUT2D eigenvalue weighted by molar-refractivity contribution is 0.352. The van der Waals surface area contributed by atoms with Crippen LogP contribution >= 0.6 is 0 Å². The first-order valence-electron chi connectivity index (χ1n) is 5.14. The molecule has 1 heteroatoms. The molecule has 80 valence electrons. The maximum absolute atomic E-state index is 5.58. The molecule has 0 aliphatic carbocycles. The van der Waals surface area contributed by atoms with E-state index in [1.807, 2.05) is 26.0 Å². The third kappa shape index (κ3) is 3.62. The van der Waals surface area contributed by atoms with Gasteiger partial charge in [0.25, 0.3) is 0 Å². The quantitative estimate of drug-likeness (QED) is 0.669. The van der Waals surface area contributed by atoms with E-state index >= 15 is 0 Å². The molecule has 0 bridgehead atoms. The molecule has 0 heterocycles. The molecule has 0 amide bonds. The average molecular weight is 202 g/mol. The minimum absolute atomic E-state index is 0.582. The number of hydrogen-bond acceptors (Lipinski definition) is 1. The van der Waals surface area contributed by atoms with Crippen LogP contribution in [0.5, 0.6) is 5.75 Å². The molecule has 0 saturated heterocycles. The Morgan fingerprint density at radius 3 is 2.73 bits per heavy atom. The third-order valence-corrected chi connectivity index (χ3v) is 2.21. The summed E-state index contributed by atoms with van der Waals surface area (Å²) >= 11 is 0. The standard InChI is InChI=1S/C14H18O/c1-5-12(4)13-7-6-8-14(9-13)15-10-11(2)3/h5-9H,2,10H2,1,3-4H3. The molecule has 0 fully saturated rings. The van der Waals surface area contributed by atoms with Crippen molar-refractivity contribution in [2.45, 2.75) is 20.8 Å². The minimum Gasteiger partial charge on any atom is -0.489 e. The molecule has 0 aliphatic heterocycles. The molecule has 0 unspecified atom stereocenters. The van der Waals surface area contributed by atoms with E-state index < -0.39 is 0 Å². The van der Waals surface area contributed by atoms with Crippen molar-refractivity contribution < 1.29 is 4.74 Å². The maximum Gasteiger partial charge on any atom is 0.120 e. The summed E-state index contributed by atoms with van der Waals surface area (Å²) in [5.74, 6) is 0.900. The van der Waals surface area contributed by atoms with Gasteiger partial charge in [-0.1, -0.05) is 24.8 Å². The summed E-state index contributed by atoms with van der Waals surface area (Å²) in [5, 5.41) is 0. The molecular weight excluding hydrogens is 184 g/mol. The van der Waals surface area contributed by atoms with Gasteiger partial charge >= 0.3 is 0 Å². The Labute approximate surface area is 92.1 Å². The molecule has 0 radical (unpaired) electrons. The highest BCUT2D eigenvalue weighted by atomic mass is 16.5. The van der Waals surface area contributed by atoms with E-state index in [0.717, 1.165) is 11.3 Å². The number of benzene rings is 1. The first-order valence-corrected chi connectivity index (χ1v) is 5.14. The molecule has 1 aromatic carbocycles. The van der Waals surface area contributed by atoms with Crippen LogP contribution in [0.3, 0.4) is 0 Å². The number of ether oxygens (including phenoxy) is 1. The van der Waals surface area contributed by atoms with Gasteiger partial charge in [0.05, 0.1) is 0 Å². The third-order valence-electron chi connectivity index (χ3n) is 2.21. The Balaban J connectivity index is 2.79. The lowest BCUT2D eigenvalue weighted by Crippen LogP contribution is -1.97. The monoisotopic (exact) mass is 202 g/mol. The fraction of sp³-hybridized carbons (Fsp3) is 0.286. The average Bonchev–Trinajstić information content (AvgIpc) is 2.25. The summed E-state index contributed by atoms with van der Waals surface area (Å²) in [6, 6.07) is 8.12. The van der Waals surface area contributed by atoms with Crippen molar-refractivity contribution in [3.8, 4) is 5.75 Å². The SMILES string of the molecule is C=C(C)COc1cccc(C(C)=CC)c1. The van der Waals surface area contributed by atoms with E-state index in [2.05, 4.69) is 31.7 Å². The van der Waals surface area contributed by atoms with Crippen molar-refractivity contribution in [3.05, 3.63) is 48.1 Å². The first kappa shape index (κ1) is 11.6. The number of rotatable bonds is 4. The van der Waals surface area contributed by atoms with E-state index in [-0.39, 0.29) is 0 Å². The highest BCUT2D eigenvalue weighted by Crippen LogP contribution is 2.19. The number of hydrogen-bond donors (Lipinski definition) is 0. The second kappa shape index (κ2) is 5.40. The molecule has 15 heavy (non-hydrogen) atoms. The molecule has 0 aromatic heterocycles. The van der Waals surface area contributed by atoms with E-state index in [9.17, 15) is 0 Å². The fourth-order valence-electron chi connectivity index (χ4n) is 1.20. The van der Waals surface area contributed by atoms with Crippen LogP contribution in [0.4, 0.5) is 0 Å². The van der Waals surface area contributed by atoms with Crippen LogP contribution in [0.15, 0.2) is 42.5 Å². The topological polar surface area (TPSA) is 9.23 Å². The smallest absolute Gasteiger partial charge is 0.120 e. The van der Waals surface area contributed by atoms with Gasteiger partial charge in [-0.2, -0.15) is 0 Å². The molecular formula is C14H18O. The molecule has 1 nitrogen and oxygen atoms in total. The van der Waals surface area contributed by atoms with Gasteiger partial charge in [-0.15, -0.1) is 0 Å². The van der Waals surface area contributed by atoms with Gasteiger partial charge in [-0.25, -0.2) is 0 Å². The van der Waals surface area contributed by atoms with E-state index in [0.29, 0.717) is 6.61 Å². The number of allylic oxidation sites excluding steroid dienone is 2. The van der Waals surface area contributed by atoms with Gasteiger partial charge < -0.3 is 4.74 Å². The normalized spacial score (nSPS) is 11.3. The van der Waals surface area contributed by atoms with Crippen molar-refractivity contribution in [3.63, 3.8) is 0 Å². The van der Waals surface area contributed by atoms with Gasteiger partial charge in [0.2, 0.25) is 0 Å². The van der Waals surface area contributed by atoms with Gasteiger partial charge in [0, 0.05) is 0 Å². The summed E-state index contributed by atoms with van der Waals surface area (Å²) in [7, 11) is 0. The zero-order valence-electron chi connectivity index (χ0n) is 9.71. The van der Waals surface area contributed by atoms with Crippen LogP contribution < -0.4 is 4.74 Å². The van der Waals surface area contributed by atoms with Crippen LogP contribution in [-0.4, -0.2) is 6.61 Å². The molecule has 0 aliphatic rings. The van der Waals surface area contributed by atoms with Crippen LogP contribution in [0, 0.1) is 0 Å². The predicted octanol–water partition coefficient (Wildman–Crippen LogP) is 4.06. The zero-order chi connectivity index (χ0) is 11.3. The van der Waals surface area contributed by atoms with Crippen molar-refractivity contribution in [2.75, 3.05) is 6.61 Å². The van der Waals surface area contributed by atoms with Crippen LogP contribution in [0.2, 0.25) is 0 Å².